The summed E-state index contributed by atoms with van der Waals surface area (Å²) in [7, 11) is -4.55. The zero-order valence-corrected chi connectivity index (χ0v) is 9.19. The van der Waals surface area contributed by atoms with Gasteiger partial charge in [0.1, 0.15) is 11.8 Å². The molecule has 0 aromatic carbocycles. The van der Waals surface area contributed by atoms with Gasteiger partial charge in [-0.1, -0.05) is 0 Å². The number of primary sulfonamides is 1. The lowest BCUT2D eigenvalue weighted by Gasteiger charge is -2.05. The molecule has 0 aliphatic rings. The highest BCUT2D eigenvalue weighted by Crippen LogP contribution is 2.32. The van der Waals surface area contributed by atoms with Crippen LogP contribution in [0.4, 0.5) is 14.5 Å². The molecule has 0 aliphatic carbocycles. The maximum atomic E-state index is 12.5. The number of aromatic nitrogens is 1. The zero-order chi connectivity index (χ0) is 14.1. The van der Waals surface area contributed by atoms with Gasteiger partial charge >= 0.3 is 5.69 Å². The highest BCUT2D eigenvalue weighted by molar-refractivity contribution is 7.89. The Morgan fingerprint density at radius 2 is 2.11 bits per heavy atom. The maximum Gasteiger partial charge on any atom is 0.310 e. The Balaban J connectivity index is 3.83. The molecule has 1 rings (SSSR count). The van der Waals surface area contributed by atoms with Crippen molar-refractivity contribution in [3.8, 4) is 6.07 Å². The fourth-order valence-corrected chi connectivity index (χ4v) is 1.81. The van der Waals surface area contributed by atoms with Gasteiger partial charge in [-0.2, -0.15) is 5.26 Å². The average Bonchev–Trinajstić information content (AvgIpc) is 2.25. The van der Waals surface area contributed by atoms with Crippen molar-refractivity contribution in [1.82, 2.24) is 4.98 Å². The Kier molecular flexibility index (Phi) is 3.54. The predicted molar refractivity (Wildman–Crippen MR) is 51.9 cm³/mol. The number of hydrogen-bond acceptors (Lipinski definition) is 6. The molecule has 0 unspecified atom stereocenters. The summed E-state index contributed by atoms with van der Waals surface area (Å²) in [6, 6.07) is 1.14. The smallest absolute Gasteiger partial charge is 0.258 e. The number of alkyl halides is 2. The lowest BCUT2D eigenvalue weighted by molar-refractivity contribution is -0.388. The second kappa shape index (κ2) is 4.59. The van der Waals surface area contributed by atoms with Crippen molar-refractivity contribution in [2.24, 2.45) is 5.14 Å². The third-order valence-corrected chi connectivity index (χ3v) is 2.77. The number of pyridine rings is 1. The largest absolute Gasteiger partial charge is 0.310 e. The molecule has 8 nitrogen and oxygen atoms in total. The number of nitrogens with two attached hydrogens (primary N) is 1. The third-order valence-electron chi connectivity index (χ3n) is 1.85. The summed E-state index contributed by atoms with van der Waals surface area (Å²) in [6.07, 6.45) is -2.93. The molecule has 1 heterocycles. The molecule has 0 saturated carbocycles. The fraction of sp³-hybridized carbons (Fsp3) is 0.143. The van der Waals surface area contributed by atoms with Crippen LogP contribution in [0.15, 0.2) is 11.1 Å². The molecule has 0 fully saturated rings. The molecule has 1 aromatic heterocycles. The molecule has 11 heteroatoms. The van der Waals surface area contributed by atoms with Gasteiger partial charge in [0.05, 0.1) is 11.1 Å². The topological polar surface area (TPSA) is 140 Å². The molecule has 0 saturated heterocycles. The lowest BCUT2D eigenvalue weighted by Crippen LogP contribution is -2.16. The van der Waals surface area contributed by atoms with E-state index < -0.39 is 43.2 Å². The summed E-state index contributed by atoms with van der Waals surface area (Å²) in [5.74, 6) is 0. The number of nitrogens with zero attached hydrogens (tertiary/aromatic N) is 3. The molecule has 0 radical (unpaired) electrons. The second-order valence-corrected chi connectivity index (χ2v) is 4.48. The van der Waals surface area contributed by atoms with E-state index in [1.165, 1.54) is 0 Å². The summed E-state index contributed by atoms with van der Waals surface area (Å²) >= 11 is 0. The minimum atomic E-state index is -4.55. The van der Waals surface area contributed by atoms with Crippen molar-refractivity contribution in [1.29, 1.82) is 5.26 Å². The second-order valence-electron chi connectivity index (χ2n) is 2.95. The fourth-order valence-electron chi connectivity index (χ4n) is 1.16. The van der Waals surface area contributed by atoms with E-state index in [-0.39, 0.29) is 0 Å². The van der Waals surface area contributed by atoms with Crippen LogP contribution in [-0.2, 0) is 10.0 Å². The molecule has 0 spiro atoms. The average molecular weight is 278 g/mol. The van der Waals surface area contributed by atoms with Crippen molar-refractivity contribution >= 4 is 15.7 Å². The number of halogens is 2. The van der Waals surface area contributed by atoms with Crippen LogP contribution >= 0.6 is 0 Å². The van der Waals surface area contributed by atoms with E-state index in [0.29, 0.717) is 6.20 Å². The number of sulfonamides is 1. The Morgan fingerprint density at radius 1 is 1.56 bits per heavy atom. The van der Waals surface area contributed by atoms with Gasteiger partial charge in [0, 0.05) is 0 Å². The van der Waals surface area contributed by atoms with Crippen LogP contribution in [-0.4, -0.2) is 18.3 Å². The van der Waals surface area contributed by atoms with Crippen LogP contribution < -0.4 is 5.14 Å². The van der Waals surface area contributed by atoms with Gasteiger partial charge in [0.15, 0.2) is 10.5 Å². The number of hydrogen-bond donors (Lipinski definition) is 1. The van der Waals surface area contributed by atoms with Crippen molar-refractivity contribution in [2.45, 2.75) is 11.3 Å². The monoisotopic (exact) mass is 278 g/mol. The number of rotatable bonds is 3. The highest BCUT2D eigenvalue weighted by Gasteiger charge is 2.32. The van der Waals surface area contributed by atoms with Gasteiger partial charge in [-0.05, 0) is 0 Å². The Labute approximate surface area is 98.9 Å². The van der Waals surface area contributed by atoms with Crippen molar-refractivity contribution in [3.63, 3.8) is 0 Å². The normalized spacial score (nSPS) is 11.3. The van der Waals surface area contributed by atoms with Crippen LogP contribution in [0.5, 0.6) is 0 Å². The summed E-state index contributed by atoms with van der Waals surface area (Å²) in [5, 5.41) is 24.0. The van der Waals surface area contributed by atoms with Crippen LogP contribution in [0, 0.1) is 21.4 Å². The Morgan fingerprint density at radius 3 is 2.44 bits per heavy atom. The minimum Gasteiger partial charge on any atom is -0.258 e. The lowest BCUT2D eigenvalue weighted by atomic mass is 10.2. The Bertz CT molecular complexity index is 652. The van der Waals surface area contributed by atoms with Gasteiger partial charge in [-0.3, -0.25) is 15.1 Å². The molecule has 0 atom stereocenters. The first kappa shape index (κ1) is 13.9. The molecular formula is C7H4F2N4O4S. The molecular weight excluding hydrogens is 274 g/mol. The van der Waals surface area contributed by atoms with E-state index in [0.717, 1.165) is 6.07 Å². The van der Waals surface area contributed by atoms with Crippen LogP contribution in [0.2, 0.25) is 0 Å². The van der Waals surface area contributed by atoms with Crippen molar-refractivity contribution in [2.75, 3.05) is 0 Å². The summed E-state index contributed by atoms with van der Waals surface area (Å²) in [4.78, 5) is 11.3. The number of nitriles is 1. The minimum absolute atomic E-state index is 0.329. The van der Waals surface area contributed by atoms with Crippen molar-refractivity contribution < 1.29 is 22.1 Å². The van der Waals surface area contributed by atoms with Gasteiger partial charge in [0.2, 0.25) is 10.0 Å². The van der Waals surface area contributed by atoms with Crippen molar-refractivity contribution in [3.05, 3.63) is 27.6 Å². The van der Waals surface area contributed by atoms with Gasteiger partial charge in [-0.25, -0.2) is 22.3 Å². The first-order valence-electron chi connectivity index (χ1n) is 4.08. The SMILES string of the molecule is N#Cc1c(C(F)F)ncc(S(N)(=O)=O)c1[N+](=O)[O-]. The van der Waals surface area contributed by atoms with Crippen LogP contribution in [0.25, 0.3) is 0 Å². The van der Waals surface area contributed by atoms with E-state index in [1.54, 1.807) is 0 Å². The first-order chi connectivity index (χ1) is 8.20. The van der Waals surface area contributed by atoms with Crippen LogP contribution in [0.3, 0.4) is 0 Å². The number of nitro groups is 1. The molecule has 18 heavy (non-hydrogen) atoms. The predicted octanol–water partition coefficient (Wildman–Crippen LogP) is 0.446. The molecule has 0 bridgehead atoms. The van der Waals surface area contributed by atoms with Gasteiger partial charge in [0.25, 0.3) is 6.43 Å². The summed E-state index contributed by atoms with van der Waals surface area (Å²) < 4.78 is 47.0. The molecule has 2 N–H and O–H groups in total. The summed E-state index contributed by atoms with van der Waals surface area (Å²) in [5.41, 5.74) is -3.59. The van der Waals surface area contributed by atoms with E-state index in [2.05, 4.69) is 10.1 Å². The van der Waals surface area contributed by atoms with E-state index in [4.69, 9.17) is 5.26 Å². The van der Waals surface area contributed by atoms with E-state index >= 15 is 0 Å². The Hall–Kier alpha value is -2.19. The van der Waals surface area contributed by atoms with E-state index in [1.807, 2.05) is 0 Å². The highest BCUT2D eigenvalue weighted by atomic mass is 32.2. The quantitative estimate of drug-likeness (QED) is 0.628. The van der Waals surface area contributed by atoms with Gasteiger partial charge < -0.3 is 0 Å². The third kappa shape index (κ3) is 2.39. The van der Waals surface area contributed by atoms with Gasteiger partial charge in [-0.15, -0.1) is 0 Å². The molecule has 1 aromatic rings. The summed E-state index contributed by atoms with van der Waals surface area (Å²) in [6.45, 7) is 0. The van der Waals surface area contributed by atoms with Crippen LogP contribution in [0.1, 0.15) is 17.7 Å². The molecule has 0 amide bonds. The molecule has 96 valence electrons. The zero-order valence-electron chi connectivity index (χ0n) is 8.37. The van der Waals surface area contributed by atoms with E-state index in [9.17, 15) is 27.3 Å². The molecule has 0 aliphatic heterocycles. The standard InChI is InChI=1S/C7H4F2N4O4S/c8-7(9)5-3(1-10)6(13(14)15)4(2-12-5)18(11,16)17/h2,7H,(H2,11,16,17). The maximum absolute atomic E-state index is 12.5. The first-order valence-corrected chi connectivity index (χ1v) is 5.63.